The van der Waals surface area contributed by atoms with E-state index < -0.39 is 12.5 Å². The summed E-state index contributed by atoms with van der Waals surface area (Å²) in [5, 5.41) is 8.23. The Labute approximate surface area is 70.0 Å². The van der Waals surface area contributed by atoms with Crippen LogP contribution in [0.4, 0.5) is 0 Å². The van der Waals surface area contributed by atoms with Gasteiger partial charge in [0.2, 0.25) is 5.91 Å². The lowest BCUT2D eigenvalue weighted by Crippen LogP contribution is -2.26. The molecule has 0 spiro atoms. The van der Waals surface area contributed by atoms with Crippen molar-refractivity contribution in [1.29, 1.82) is 0 Å². The first-order chi connectivity index (χ1) is 5.07. The molecule has 5 heteroatoms. The molecule has 0 bridgehead atoms. The first-order valence-electron chi connectivity index (χ1n) is 2.90. The Kier molecular flexibility index (Phi) is 4.36. The molecule has 0 heterocycles. The van der Waals surface area contributed by atoms with Crippen molar-refractivity contribution in [2.24, 2.45) is 0 Å². The Morgan fingerprint density at radius 3 is 2.55 bits per heavy atom. The third kappa shape index (κ3) is 4.44. The van der Waals surface area contributed by atoms with Gasteiger partial charge in [-0.05, 0) is 0 Å². The zero-order valence-electron chi connectivity index (χ0n) is 5.86. The second-order valence-electron chi connectivity index (χ2n) is 1.84. The van der Waals surface area contributed by atoms with Gasteiger partial charge >= 0.3 is 5.97 Å². The van der Waals surface area contributed by atoms with Crippen LogP contribution in [0.15, 0.2) is 12.7 Å². The van der Waals surface area contributed by atoms with Crippen LogP contribution in [-0.4, -0.2) is 27.8 Å². The van der Waals surface area contributed by atoms with Crippen molar-refractivity contribution in [3.8, 4) is 0 Å². The van der Waals surface area contributed by atoms with Crippen molar-refractivity contribution in [2.75, 3.05) is 6.54 Å². The summed E-state index contributed by atoms with van der Waals surface area (Å²) in [7, 11) is 0. The standard InChI is InChI=1S/C6H9NO3S/c1-2-3-5(8)7(11)4-6(9)10/h2,11H,1,3-4H2,(H,9,10). The Hall–Kier alpha value is -0.970. The number of aliphatic carboxylic acids is 1. The van der Waals surface area contributed by atoms with Crippen molar-refractivity contribution in [2.45, 2.75) is 6.42 Å². The summed E-state index contributed by atoms with van der Waals surface area (Å²) in [6.07, 6.45) is 1.50. The van der Waals surface area contributed by atoms with Crippen LogP contribution in [0.3, 0.4) is 0 Å². The van der Waals surface area contributed by atoms with E-state index in [-0.39, 0.29) is 12.3 Å². The van der Waals surface area contributed by atoms with E-state index in [9.17, 15) is 9.59 Å². The van der Waals surface area contributed by atoms with E-state index in [1.807, 2.05) is 0 Å². The second-order valence-corrected chi connectivity index (χ2v) is 2.32. The summed E-state index contributed by atoms with van der Waals surface area (Å²) in [5.41, 5.74) is 0. The molecule has 0 atom stereocenters. The fraction of sp³-hybridized carbons (Fsp3) is 0.333. The second kappa shape index (κ2) is 4.79. The predicted octanol–water partition coefficient (Wildman–Crippen LogP) is 0.321. The van der Waals surface area contributed by atoms with Gasteiger partial charge in [-0.3, -0.25) is 13.9 Å². The first kappa shape index (κ1) is 10.0. The highest BCUT2D eigenvalue weighted by molar-refractivity contribution is 7.78. The van der Waals surface area contributed by atoms with Gasteiger partial charge in [-0.1, -0.05) is 18.9 Å². The van der Waals surface area contributed by atoms with E-state index in [1.165, 1.54) is 6.08 Å². The maximum absolute atomic E-state index is 10.8. The fourth-order valence-corrected chi connectivity index (χ4v) is 0.648. The zero-order valence-corrected chi connectivity index (χ0v) is 6.75. The molecule has 62 valence electrons. The number of hydrogen-bond acceptors (Lipinski definition) is 3. The highest BCUT2D eigenvalue weighted by Gasteiger charge is 2.10. The van der Waals surface area contributed by atoms with Crippen LogP contribution in [-0.2, 0) is 9.59 Å². The highest BCUT2D eigenvalue weighted by atomic mass is 32.1. The molecule has 11 heavy (non-hydrogen) atoms. The molecule has 4 nitrogen and oxygen atoms in total. The monoisotopic (exact) mass is 175 g/mol. The van der Waals surface area contributed by atoms with Crippen LogP contribution in [0.5, 0.6) is 0 Å². The molecule has 1 N–H and O–H groups in total. The van der Waals surface area contributed by atoms with Gasteiger partial charge in [0.25, 0.3) is 0 Å². The summed E-state index contributed by atoms with van der Waals surface area (Å²) in [6, 6.07) is 0. The largest absolute Gasteiger partial charge is 0.480 e. The summed E-state index contributed by atoms with van der Waals surface area (Å²) in [6.45, 7) is 2.94. The molecule has 0 aliphatic heterocycles. The average molecular weight is 175 g/mol. The third-order valence-corrected chi connectivity index (χ3v) is 1.26. The average Bonchev–Trinajstić information content (AvgIpc) is 1.86. The minimum atomic E-state index is -1.09. The summed E-state index contributed by atoms with van der Waals surface area (Å²) >= 11 is 3.65. The van der Waals surface area contributed by atoms with Gasteiger partial charge in [0, 0.05) is 6.42 Å². The topological polar surface area (TPSA) is 57.6 Å². The van der Waals surface area contributed by atoms with Gasteiger partial charge in [0.15, 0.2) is 0 Å². The lowest BCUT2D eigenvalue weighted by Gasteiger charge is -2.10. The smallest absolute Gasteiger partial charge is 0.324 e. The first-order valence-corrected chi connectivity index (χ1v) is 3.30. The number of carbonyl (C=O) groups excluding carboxylic acids is 1. The minimum absolute atomic E-state index is 0.108. The Balaban J connectivity index is 3.81. The molecule has 0 fully saturated rings. The fourth-order valence-electron chi connectivity index (χ4n) is 0.445. The molecule has 0 aliphatic rings. The molecule has 0 rings (SSSR count). The van der Waals surface area contributed by atoms with E-state index in [4.69, 9.17) is 5.11 Å². The Morgan fingerprint density at radius 2 is 2.18 bits per heavy atom. The van der Waals surface area contributed by atoms with E-state index in [1.54, 1.807) is 0 Å². The molecule has 0 radical (unpaired) electrons. The van der Waals surface area contributed by atoms with Crippen LogP contribution < -0.4 is 0 Å². The number of carbonyl (C=O) groups is 2. The number of nitrogens with zero attached hydrogens (tertiary/aromatic N) is 1. The maximum atomic E-state index is 10.8. The molecule has 0 aliphatic carbocycles. The van der Waals surface area contributed by atoms with Crippen LogP contribution in [0.25, 0.3) is 0 Å². The van der Waals surface area contributed by atoms with Crippen LogP contribution in [0, 0.1) is 0 Å². The molecule has 0 unspecified atom stereocenters. The van der Waals surface area contributed by atoms with Gasteiger partial charge in [-0.15, -0.1) is 6.58 Å². The van der Waals surface area contributed by atoms with Crippen molar-refractivity contribution >= 4 is 24.7 Å². The summed E-state index contributed by atoms with van der Waals surface area (Å²) < 4.78 is 0.837. The number of carboxylic acid groups (broad SMARTS) is 1. The van der Waals surface area contributed by atoms with Gasteiger partial charge < -0.3 is 5.11 Å². The normalized spacial score (nSPS) is 8.82. The Morgan fingerprint density at radius 1 is 1.64 bits per heavy atom. The van der Waals surface area contributed by atoms with Gasteiger partial charge in [0.1, 0.15) is 6.54 Å². The highest BCUT2D eigenvalue weighted by Crippen LogP contribution is 1.97. The lowest BCUT2D eigenvalue weighted by molar-refractivity contribution is -0.140. The SMILES string of the molecule is C=CCC(=O)N(S)CC(=O)O. The molecular formula is C6H9NO3S. The Bertz CT molecular complexity index is 181. The van der Waals surface area contributed by atoms with Gasteiger partial charge in [-0.2, -0.15) is 0 Å². The molecule has 0 saturated heterocycles. The van der Waals surface area contributed by atoms with E-state index >= 15 is 0 Å². The quantitative estimate of drug-likeness (QED) is 0.478. The summed E-state index contributed by atoms with van der Waals surface area (Å²) in [4.78, 5) is 20.8. The van der Waals surface area contributed by atoms with Crippen molar-refractivity contribution < 1.29 is 14.7 Å². The number of amides is 1. The zero-order chi connectivity index (χ0) is 8.85. The molecule has 0 aromatic rings. The molecule has 1 amide bonds. The van der Waals surface area contributed by atoms with Gasteiger partial charge in [0.05, 0.1) is 0 Å². The number of rotatable bonds is 4. The number of thiol groups is 1. The molecular weight excluding hydrogens is 166 g/mol. The van der Waals surface area contributed by atoms with Crippen molar-refractivity contribution in [1.82, 2.24) is 4.31 Å². The molecule has 0 aromatic heterocycles. The molecule has 0 saturated carbocycles. The summed E-state index contributed by atoms with van der Waals surface area (Å²) in [5.74, 6) is -1.46. The van der Waals surface area contributed by atoms with Crippen LogP contribution >= 0.6 is 12.8 Å². The lowest BCUT2D eigenvalue weighted by atomic mass is 10.4. The maximum Gasteiger partial charge on any atom is 0.324 e. The number of hydrogen-bond donors (Lipinski definition) is 2. The van der Waals surface area contributed by atoms with E-state index in [0.717, 1.165) is 4.31 Å². The predicted molar refractivity (Wildman–Crippen MR) is 43.1 cm³/mol. The van der Waals surface area contributed by atoms with Crippen molar-refractivity contribution in [3.05, 3.63) is 12.7 Å². The van der Waals surface area contributed by atoms with Crippen LogP contribution in [0.2, 0.25) is 0 Å². The van der Waals surface area contributed by atoms with E-state index in [0.29, 0.717) is 0 Å². The number of carboxylic acids is 1. The van der Waals surface area contributed by atoms with Crippen molar-refractivity contribution in [3.63, 3.8) is 0 Å². The van der Waals surface area contributed by atoms with Gasteiger partial charge in [-0.25, -0.2) is 0 Å². The molecule has 0 aromatic carbocycles. The van der Waals surface area contributed by atoms with E-state index in [2.05, 4.69) is 19.4 Å². The third-order valence-electron chi connectivity index (χ3n) is 0.892. The minimum Gasteiger partial charge on any atom is -0.480 e. The van der Waals surface area contributed by atoms with Crippen LogP contribution in [0.1, 0.15) is 6.42 Å².